The number of carbonyl (C=O) groups excluding carboxylic acids is 1. The number of hydrogen-bond acceptors (Lipinski definition) is 2. The molecule has 4 fully saturated rings. The molecule has 0 unspecified atom stereocenters. The highest BCUT2D eigenvalue weighted by Crippen LogP contribution is 2.61. The van der Waals surface area contributed by atoms with Crippen LogP contribution in [0.25, 0.3) is 0 Å². The van der Waals surface area contributed by atoms with Crippen LogP contribution in [0.3, 0.4) is 0 Å². The van der Waals surface area contributed by atoms with Crippen molar-refractivity contribution in [3.05, 3.63) is 29.8 Å². The molecule has 5 heteroatoms. The molecular weight excluding hydrogens is 342 g/mol. The molecule has 5 rings (SSSR count). The Bertz CT molecular complexity index is 650. The Hall–Kier alpha value is -1.62. The number of rotatable bonds is 4. The Morgan fingerprint density at radius 1 is 1.04 bits per heavy atom. The minimum absolute atomic E-state index is 0.0671. The predicted molar refractivity (Wildman–Crippen MR) is 109 cm³/mol. The fourth-order valence-electron chi connectivity index (χ4n) is 6.00. The Kier molecular flexibility index (Phi) is 4.91. The van der Waals surface area contributed by atoms with Gasteiger partial charge in [-0.1, -0.05) is 19.1 Å². The van der Waals surface area contributed by atoms with E-state index >= 15 is 0 Å². The molecule has 4 bridgehead atoms. The zero-order valence-electron chi connectivity index (χ0n) is 15.5. The number of nitrogens with one attached hydrogen (secondary N) is 3. The summed E-state index contributed by atoms with van der Waals surface area (Å²) in [6.07, 6.45) is 9.62. The van der Waals surface area contributed by atoms with Crippen molar-refractivity contribution in [3.8, 4) is 0 Å². The molecule has 4 aliphatic rings. The van der Waals surface area contributed by atoms with Crippen LogP contribution >= 0.6 is 12.2 Å². The average Bonchev–Trinajstić information content (AvgIpc) is 2.59. The second-order valence-electron chi connectivity index (χ2n) is 8.77. The third-order valence-corrected chi connectivity index (χ3v) is 6.84. The highest BCUT2D eigenvalue weighted by Gasteiger charge is 2.51. The maximum atomic E-state index is 12.5. The monoisotopic (exact) mass is 371 g/mol. The number of anilines is 1. The van der Waals surface area contributed by atoms with Gasteiger partial charge in [0.2, 0.25) is 5.91 Å². The Morgan fingerprint density at radius 3 is 2.15 bits per heavy atom. The maximum absolute atomic E-state index is 12.5. The zero-order valence-corrected chi connectivity index (χ0v) is 16.3. The summed E-state index contributed by atoms with van der Waals surface area (Å²) >= 11 is 5.29. The lowest BCUT2D eigenvalue weighted by Gasteiger charge is -2.56. The molecular formula is C21H29N3OS. The fourth-order valence-corrected chi connectivity index (χ4v) is 6.17. The first-order chi connectivity index (χ1) is 12.5. The van der Waals surface area contributed by atoms with Crippen LogP contribution in [0.2, 0.25) is 0 Å². The third-order valence-electron chi connectivity index (χ3n) is 6.64. The van der Waals surface area contributed by atoms with Crippen molar-refractivity contribution in [2.45, 2.75) is 58.3 Å². The third kappa shape index (κ3) is 3.88. The molecule has 1 aromatic rings. The van der Waals surface area contributed by atoms with Crippen molar-refractivity contribution in [1.82, 2.24) is 10.9 Å². The number of carbonyl (C=O) groups is 1. The van der Waals surface area contributed by atoms with Gasteiger partial charge in [-0.25, -0.2) is 0 Å². The Morgan fingerprint density at radius 2 is 1.62 bits per heavy atom. The van der Waals surface area contributed by atoms with Crippen molar-refractivity contribution in [3.63, 3.8) is 0 Å². The van der Waals surface area contributed by atoms with Gasteiger partial charge in [0.05, 0.1) is 0 Å². The summed E-state index contributed by atoms with van der Waals surface area (Å²) in [7, 11) is 0. The van der Waals surface area contributed by atoms with Crippen LogP contribution in [0, 0.1) is 23.2 Å². The number of amides is 1. The van der Waals surface area contributed by atoms with E-state index in [-0.39, 0.29) is 11.3 Å². The van der Waals surface area contributed by atoms with Gasteiger partial charge >= 0.3 is 0 Å². The predicted octanol–water partition coefficient (Wildman–Crippen LogP) is 4.17. The molecule has 26 heavy (non-hydrogen) atoms. The average molecular weight is 372 g/mol. The SMILES string of the molecule is CCc1ccc(NC(=S)NNC(=O)CC23CC4CC(CC(C4)C2)C3)cc1. The summed E-state index contributed by atoms with van der Waals surface area (Å²) in [5.74, 6) is 2.68. The van der Waals surface area contributed by atoms with Crippen molar-refractivity contribution < 1.29 is 4.79 Å². The van der Waals surface area contributed by atoms with Gasteiger partial charge in [-0.3, -0.25) is 15.6 Å². The van der Waals surface area contributed by atoms with E-state index in [0.29, 0.717) is 11.5 Å². The lowest BCUT2D eigenvalue weighted by Crippen LogP contribution is -2.50. The molecule has 4 aliphatic carbocycles. The van der Waals surface area contributed by atoms with Gasteiger partial charge in [-0.05, 0) is 98.0 Å². The van der Waals surface area contributed by atoms with Crippen LogP contribution in [0.5, 0.6) is 0 Å². The molecule has 1 amide bonds. The van der Waals surface area contributed by atoms with Crippen molar-refractivity contribution in [2.24, 2.45) is 23.2 Å². The van der Waals surface area contributed by atoms with E-state index < -0.39 is 0 Å². The number of hydrogen-bond donors (Lipinski definition) is 3. The van der Waals surface area contributed by atoms with E-state index in [4.69, 9.17) is 12.2 Å². The van der Waals surface area contributed by atoms with Crippen LogP contribution in [-0.2, 0) is 11.2 Å². The number of aryl methyl sites for hydroxylation is 1. The highest BCUT2D eigenvalue weighted by molar-refractivity contribution is 7.80. The standard InChI is InChI=1S/C21H29N3OS/c1-2-14-3-5-18(6-4-14)22-20(26)24-23-19(25)13-21-10-15-7-16(11-21)9-17(8-15)12-21/h3-6,15-17H,2,7-13H2,1H3,(H,23,25)(H2,22,24,26). The van der Waals surface area contributed by atoms with E-state index in [1.165, 1.54) is 44.1 Å². The first-order valence-electron chi connectivity index (χ1n) is 9.98. The molecule has 0 saturated heterocycles. The molecule has 0 aliphatic heterocycles. The van der Waals surface area contributed by atoms with Gasteiger partial charge in [0.1, 0.15) is 0 Å². The summed E-state index contributed by atoms with van der Waals surface area (Å²) < 4.78 is 0. The molecule has 0 aromatic heterocycles. The summed E-state index contributed by atoms with van der Waals surface area (Å²) in [6.45, 7) is 2.13. The quantitative estimate of drug-likeness (QED) is 0.549. The number of thiocarbonyl (C=S) groups is 1. The van der Waals surface area contributed by atoms with Crippen LogP contribution < -0.4 is 16.2 Å². The zero-order chi connectivity index (χ0) is 18.1. The molecule has 0 radical (unpaired) electrons. The molecule has 1 aromatic carbocycles. The van der Waals surface area contributed by atoms with Crippen LogP contribution in [0.4, 0.5) is 5.69 Å². The minimum Gasteiger partial charge on any atom is -0.331 e. The molecule has 0 atom stereocenters. The van der Waals surface area contributed by atoms with E-state index in [2.05, 4.69) is 35.2 Å². The van der Waals surface area contributed by atoms with Gasteiger partial charge in [-0.2, -0.15) is 0 Å². The number of hydrazine groups is 1. The van der Waals surface area contributed by atoms with Gasteiger partial charge in [0.15, 0.2) is 5.11 Å². The van der Waals surface area contributed by atoms with Crippen LogP contribution in [-0.4, -0.2) is 11.0 Å². The smallest absolute Gasteiger partial charge is 0.238 e. The van der Waals surface area contributed by atoms with E-state index in [1.807, 2.05) is 12.1 Å². The number of benzene rings is 1. The molecule has 0 spiro atoms. The van der Waals surface area contributed by atoms with E-state index in [9.17, 15) is 4.79 Å². The van der Waals surface area contributed by atoms with E-state index in [0.717, 1.165) is 29.9 Å². The minimum atomic E-state index is 0.0671. The topological polar surface area (TPSA) is 53.2 Å². The largest absolute Gasteiger partial charge is 0.331 e. The summed E-state index contributed by atoms with van der Waals surface area (Å²) in [5.41, 5.74) is 8.14. The molecule has 0 heterocycles. The van der Waals surface area contributed by atoms with E-state index in [1.54, 1.807) is 0 Å². The first kappa shape index (κ1) is 17.8. The van der Waals surface area contributed by atoms with Crippen LogP contribution in [0.15, 0.2) is 24.3 Å². The van der Waals surface area contributed by atoms with Crippen molar-refractivity contribution >= 4 is 28.9 Å². The second-order valence-corrected chi connectivity index (χ2v) is 9.18. The lowest BCUT2D eigenvalue weighted by molar-refractivity contribution is -0.129. The summed E-state index contributed by atoms with van der Waals surface area (Å²) in [4.78, 5) is 12.5. The van der Waals surface area contributed by atoms with Crippen molar-refractivity contribution in [2.75, 3.05) is 5.32 Å². The molecule has 4 nitrogen and oxygen atoms in total. The van der Waals surface area contributed by atoms with Crippen LogP contribution in [0.1, 0.15) is 57.4 Å². The fraction of sp³-hybridized carbons (Fsp3) is 0.619. The summed E-state index contributed by atoms with van der Waals surface area (Å²) in [6, 6.07) is 8.17. The molecule has 4 saturated carbocycles. The molecule has 140 valence electrons. The lowest BCUT2D eigenvalue weighted by atomic mass is 9.49. The first-order valence-corrected chi connectivity index (χ1v) is 10.4. The Balaban J connectivity index is 1.25. The maximum Gasteiger partial charge on any atom is 0.238 e. The van der Waals surface area contributed by atoms with Gasteiger partial charge in [0.25, 0.3) is 0 Å². The van der Waals surface area contributed by atoms with Gasteiger partial charge < -0.3 is 5.32 Å². The second kappa shape index (κ2) is 7.18. The Labute approximate surface area is 161 Å². The van der Waals surface area contributed by atoms with Crippen molar-refractivity contribution in [1.29, 1.82) is 0 Å². The van der Waals surface area contributed by atoms with Gasteiger partial charge in [-0.15, -0.1) is 0 Å². The highest BCUT2D eigenvalue weighted by atomic mass is 32.1. The van der Waals surface area contributed by atoms with Gasteiger partial charge in [0, 0.05) is 12.1 Å². The molecule has 3 N–H and O–H groups in total. The normalized spacial score (nSPS) is 31.5. The summed E-state index contributed by atoms with van der Waals surface area (Å²) in [5, 5.41) is 3.54.